The van der Waals surface area contributed by atoms with E-state index in [0.717, 1.165) is 26.2 Å². The number of halogens is 1. The molecule has 1 saturated heterocycles. The molecule has 1 aliphatic heterocycles. The van der Waals surface area contributed by atoms with Crippen LogP contribution in [0.3, 0.4) is 0 Å². The molecule has 2 aromatic carbocycles. The van der Waals surface area contributed by atoms with Crippen molar-refractivity contribution in [1.82, 2.24) is 9.80 Å². The normalized spacial score (nSPS) is 18.9. The zero-order valence-corrected chi connectivity index (χ0v) is 14.0. The molecule has 1 fully saturated rings. The van der Waals surface area contributed by atoms with Gasteiger partial charge in [-0.05, 0) is 30.7 Å². The van der Waals surface area contributed by atoms with Crippen molar-refractivity contribution in [3.05, 3.63) is 70.7 Å². The SMILES string of the molecule is C[C@@H]1CN(Cc2ccccc2)CCN1C(=O)c1cccc(Cl)c1. The molecule has 0 bridgehead atoms. The van der Waals surface area contributed by atoms with Gasteiger partial charge in [0.15, 0.2) is 0 Å². The summed E-state index contributed by atoms with van der Waals surface area (Å²) in [6, 6.07) is 17.8. The molecule has 3 rings (SSSR count). The second-order valence-corrected chi connectivity index (χ2v) is 6.52. The summed E-state index contributed by atoms with van der Waals surface area (Å²) >= 11 is 6.00. The lowest BCUT2D eigenvalue weighted by molar-refractivity contribution is 0.0475. The van der Waals surface area contributed by atoms with E-state index in [1.54, 1.807) is 12.1 Å². The number of rotatable bonds is 3. The lowest BCUT2D eigenvalue weighted by Crippen LogP contribution is -2.53. The number of hydrogen-bond acceptors (Lipinski definition) is 2. The number of nitrogens with zero attached hydrogens (tertiary/aromatic N) is 2. The van der Waals surface area contributed by atoms with Crippen LogP contribution >= 0.6 is 11.6 Å². The lowest BCUT2D eigenvalue weighted by Gasteiger charge is -2.40. The first-order valence-electron chi connectivity index (χ1n) is 7.96. The maximum absolute atomic E-state index is 12.7. The minimum absolute atomic E-state index is 0.0689. The van der Waals surface area contributed by atoms with Crippen molar-refractivity contribution in [2.24, 2.45) is 0 Å². The Morgan fingerprint density at radius 3 is 2.61 bits per heavy atom. The number of piperazine rings is 1. The predicted octanol–water partition coefficient (Wildman–Crippen LogP) is 3.69. The van der Waals surface area contributed by atoms with Crippen molar-refractivity contribution in [2.75, 3.05) is 19.6 Å². The number of hydrogen-bond donors (Lipinski definition) is 0. The van der Waals surface area contributed by atoms with Gasteiger partial charge in [-0.15, -0.1) is 0 Å². The summed E-state index contributed by atoms with van der Waals surface area (Å²) in [5.74, 6) is 0.0689. The Labute approximate surface area is 142 Å². The third-order valence-electron chi connectivity index (χ3n) is 4.29. The molecule has 4 heteroatoms. The fraction of sp³-hybridized carbons (Fsp3) is 0.316. The molecule has 1 amide bonds. The van der Waals surface area contributed by atoms with Crippen molar-refractivity contribution in [3.63, 3.8) is 0 Å². The maximum Gasteiger partial charge on any atom is 0.254 e. The van der Waals surface area contributed by atoms with Gasteiger partial charge in [0.2, 0.25) is 0 Å². The largest absolute Gasteiger partial charge is 0.333 e. The summed E-state index contributed by atoms with van der Waals surface area (Å²) in [7, 11) is 0. The Balaban J connectivity index is 1.63. The van der Waals surface area contributed by atoms with Crippen LogP contribution in [0, 0.1) is 0 Å². The molecule has 0 radical (unpaired) electrons. The van der Waals surface area contributed by atoms with Gasteiger partial charge in [0.25, 0.3) is 5.91 Å². The van der Waals surface area contributed by atoms with Crippen molar-refractivity contribution < 1.29 is 4.79 Å². The standard InChI is InChI=1S/C19H21ClN2O/c1-15-13-21(14-16-6-3-2-4-7-16)10-11-22(15)19(23)17-8-5-9-18(20)12-17/h2-9,12,15H,10-11,13-14H2,1H3/t15-/m1/s1. The highest BCUT2D eigenvalue weighted by atomic mass is 35.5. The van der Waals surface area contributed by atoms with Crippen LogP contribution in [0.2, 0.25) is 5.02 Å². The Morgan fingerprint density at radius 1 is 1.13 bits per heavy atom. The molecule has 0 spiro atoms. The van der Waals surface area contributed by atoms with Gasteiger partial charge in [-0.2, -0.15) is 0 Å². The van der Waals surface area contributed by atoms with E-state index in [0.29, 0.717) is 10.6 Å². The first-order valence-corrected chi connectivity index (χ1v) is 8.34. The number of carbonyl (C=O) groups excluding carboxylic acids is 1. The zero-order chi connectivity index (χ0) is 16.2. The van der Waals surface area contributed by atoms with Gasteiger partial charge in [0, 0.05) is 42.8 Å². The molecule has 1 aliphatic rings. The molecular weight excluding hydrogens is 308 g/mol. The van der Waals surface area contributed by atoms with Crippen molar-refractivity contribution in [3.8, 4) is 0 Å². The van der Waals surface area contributed by atoms with E-state index in [2.05, 4.69) is 36.1 Å². The van der Waals surface area contributed by atoms with Gasteiger partial charge in [-0.25, -0.2) is 0 Å². The quantitative estimate of drug-likeness (QED) is 0.858. The maximum atomic E-state index is 12.7. The van der Waals surface area contributed by atoms with Crippen LogP contribution in [0.4, 0.5) is 0 Å². The zero-order valence-electron chi connectivity index (χ0n) is 13.3. The van der Waals surface area contributed by atoms with Crippen LogP contribution in [0.25, 0.3) is 0 Å². The van der Waals surface area contributed by atoms with E-state index in [4.69, 9.17) is 11.6 Å². The highest BCUT2D eigenvalue weighted by Crippen LogP contribution is 2.18. The van der Waals surface area contributed by atoms with Crippen LogP contribution < -0.4 is 0 Å². The van der Waals surface area contributed by atoms with Crippen LogP contribution in [0.5, 0.6) is 0 Å². The van der Waals surface area contributed by atoms with Gasteiger partial charge >= 0.3 is 0 Å². The summed E-state index contributed by atoms with van der Waals surface area (Å²) in [4.78, 5) is 17.0. The Kier molecular flexibility index (Phi) is 4.99. The molecule has 1 heterocycles. The van der Waals surface area contributed by atoms with Gasteiger partial charge in [-0.3, -0.25) is 9.69 Å². The van der Waals surface area contributed by atoms with Crippen molar-refractivity contribution in [2.45, 2.75) is 19.5 Å². The number of carbonyl (C=O) groups is 1. The minimum Gasteiger partial charge on any atom is -0.333 e. The first-order chi connectivity index (χ1) is 11.1. The van der Waals surface area contributed by atoms with E-state index in [9.17, 15) is 4.79 Å². The van der Waals surface area contributed by atoms with Crippen LogP contribution in [-0.4, -0.2) is 41.4 Å². The second-order valence-electron chi connectivity index (χ2n) is 6.08. The van der Waals surface area contributed by atoms with Gasteiger partial charge < -0.3 is 4.90 Å². The first kappa shape index (κ1) is 16.0. The highest BCUT2D eigenvalue weighted by Gasteiger charge is 2.28. The summed E-state index contributed by atoms with van der Waals surface area (Å²) in [6.07, 6.45) is 0. The summed E-state index contributed by atoms with van der Waals surface area (Å²) in [5.41, 5.74) is 1.98. The topological polar surface area (TPSA) is 23.6 Å². The third-order valence-corrected chi connectivity index (χ3v) is 4.53. The molecule has 2 aromatic rings. The van der Waals surface area contributed by atoms with E-state index < -0.39 is 0 Å². The lowest BCUT2D eigenvalue weighted by atomic mass is 10.1. The van der Waals surface area contributed by atoms with Crippen LogP contribution in [0.15, 0.2) is 54.6 Å². The molecule has 0 saturated carbocycles. The fourth-order valence-corrected chi connectivity index (χ4v) is 3.30. The van der Waals surface area contributed by atoms with E-state index in [-0.39, 0.29) is 11.9 Å². The smallest absolute Gasteiger partial charge is 0.254 e. The van der Waals surface area contributed by atoms with Gasteiger partial charge in [0.05, 0.1) is 0 Å². The Morgan fingerprint density at radius 2 is 1.91 bits per heavy atom. The van der Waals surface area contributed by atoms with Crippen molar-refractivity contribution in [1.29, 1.82) is 0 Å². The average Bonchev–Trinajstić information content (AvgIpc) is 2.55. The number of benzene rings is 2. The van der Waals surface area contributed by atoms with Crippen LogP contribution in [0.1, 0.15) is 22.8 Å². The monoisotopic (exact) mass is 328 g/mol. The Hall–Kier alpha value is -1.84. The average molecular weight is 329 g/mol. The Bertz CT molecular complexity index is 674. The summed E-state index contributed by atoms with van der Waals surface area (Å²) < 4.78 is 0. The third kappa shape index (κ3) is 3.92. The fourth-order valence-electron chi connectivity index (χ4n) is 3.11. The molecule has 0 aliphatic carbocycles. The molecule has 0 aromatic heterocycles. The number of amides is 1. The summed E-state index contributed by atoms with van der Waals surface area (Å²) in [5, 5.41) is 0.603. The molecule has 1 atom stereocenters. The van der Waals surface area contributed by atoms with E-state index >= 15 is 0 Å². The van der Waals surface area contributed by atoms with Gasteiger partial charge in [0.1, 0.15) is 0 Å². The molecular formula is C19H21ClN2O. The van der Waals surface area contributed by atoms with E-state index in [1.807, 2.05) is 23.1 Å². The molecule has 120 valence electrons. The predicted molar refractivity (Wildman–Crippen MR) is 93.7 cm³/mol. The second kappa shape index (κ2) is 7.16. The minimum atomic E-state index is 0.0689. The van der Waals surface area contributed by atoms with Gasteiger partial charge in [-0.1, -0.05) is 48.0 Å². The molecule has 23 heavy (non-hydrogen) atoms. The summed E-state index contributed by atoms with van der Waals surface area (Å²) in [6.45, 7) is 5.58. The molecule has 3 nitrogen and oxygen atoms in total. The van der Waals surface area contributed by atoms with Crippen molar-refractivity contribution >= 4 is 17.5 Å². The molecule has 0 unspecified atom stereocenters. The van der Waals surface area contributed by atoms with Crippen LogP contribution in [-0.2, 0) is 6.54 Å². The molecule has 0 N–H and O–H groups in total. The van der Waals surface area contributed by atoms with E-state index in [1.165, 1.54) is 5.56 Å². The highest BCUT2D eigenvalue weighted by molar-refractivity contribution is 6.30.